The normalized spacial score (nSPS) is 12.5. The molecule has 21 heavy (non-hydrogen) atoms. The number of aromatic nitrogens is 1. The number of nitrogens with one attached hydrogen (secondary N) is 1. The summed E-state index contributed by atoms with van der Waals surface area (Å²) in [7, 11) is 0. The van der Waals surface area contributed by atoms with Crippen molar-refractivity contribution < 1.29 is 0 Å². The Morgan fingerprint density at radius 2 is 1.86 bits per heavy atom. The van der Waals surface area contributed by atoms with Crippen LogP contribution in [0.3, 0.4) is 0 Å². The molecule has 3 rings (SSSR count). The van der Waals surface area contributed by atoms with E-state index in [4.69, 9.17) is 11.6 Å². The van der Waals surface area contributed by atoms with Gasteiger partial charge in [0, 0.05) is 6.20 Å². The predicted octanol–water partition coefficient (Wildman–Crippen LogP) is 4.59. The van der Waals surface area contributed by atoms with E-state index >= 15 is 0 Å². The van der Waals surface area contributed by atoms with E-state index in [0.29, 0.717) is 5.02 Å². The van der Waals surface area contributed by atoms with Crippen LogP contribution in [-0.4, -0.2) is 11.5 Å². The van der Waals surface area contributed by atoms with Crippen LogP contribution in [0.2, 0.25) is 5.02 Å². The summed E-state index contributed by atoms with van der Waals surface area (Å²) in [6.45, 7) is 2.98. The van der Waals surface area contributed by atoms with Crippen molar-refractivity contribution in [3.8, 4) is 0 Å². The molecular weight excluding hydrogens is 280 g/mol. The van der Waals surface area contributed by atoms with Gasteiger partial charge in [-0.2, -0.15) is 0 Å². The predicted molar refractivity (Wildman–Crippen MR) is 88.7 cm³/mol. The van der Waals surface area contributed by atoms with E-state index in [2.05, 4.69) is 59.7 Å². The van der Waals surface area contributed by atoms with E-state index in [1.54, 1.807) is 6.20 Å². The third-order valence-corrected chi connectivity index (χ3v) is 3.78. The fourth-order valence-electron chi connectivity index (χ4n) is 2.54. The molecule has 3 heteroatoms. The van der Waals surface area contributed by atoms with Crippen LogP contribution in [0.15, 0.2) is 60.8 Å². The number of hydrogen-bond donors (Lipinski definition) is 1. The van der Waals surface area contributed by atoms with Crippen LogP contribution in [0.5, 0.6) is 0 Å². The molecule has 0 spiro atoms. The number of rotatable bonds is 4. The highest BCUT2D eigenvalue weighted by Gasteiger charge is 2.14. The Labute approximate surface area is 129 Å². The average molecular weight is 297 g/mol. The Balaban J connectivity index is 2.04. The fourth-order valence-corrected chi connectivity index (χ4v) is 2.65. The Bertz CT molecular complexity index is 738. The summed E-state index contributed by atoms with van der Waals surface area (Å²) in [4.78, 5) is 4.46. The Hall–Kier alpha value is -1.90. The van der Waals surface area contributed by atoms with Crippen molar-refractivity contribution in [3.63, 3.8) is 0 Å². The second-order valence-corrected chi connectivity index (χ2v) is 5.43. The topological polar surface area (TPSA) is 24.9 Å². The van der Waals surface area contributed by atoms with Crippen LogP contribution in [0.4, 0.5) is 0 Å². The molecule has 3 aromatic rings. The molecule has 1 N–H and O–H groups in total. The SMILES string of the molecule is CCNC(c1ccc2ccccc2c1)c1ccc(Cl)cn1. The van der Waals surface area contributed by atoms with Crippen molar-refractivity contribution in [3.05, 3.63) is 77.1 Å². The van der Waals surface area contributed by atoms with Crippen LogP contribution < -0.4 is 5.32 Å². The maximum Gasteiger partial charge on any atom is 0.0751 e. The second kappa shape index (κ2) is 6.25. The zero-order valence-corrected chi connectivity index (χ0v) is 12.6. The molecule has 1 unspecified atom stereocenters. The molecule has 2 aromatic carbocycles. The monoisotopic (exact) mass is 296 g/mol. The van der Waals surface area contributed by atoms with Crippen molar-refractivity contribution >= 4 is 22.4 Å². The molecule has 0 aliphatic carbocycles. The summed E-state index contributed by atoms with van der Waals surface area (Å²) in [5.74, 6) is 0. The summed E-state index contributed by atoms with van der Waals surface area (Å²) >= 11 is 5.93. The third-order valence-electron chi connectivity index (χ3n) is 3.56. The zero-order valence-electron chi connectivity index (χ0n) is 11.9. The Morgan fingerprint density at radius 3 is 2.57 bits per heavy atom. The molecule has 0 amide bonds. The molecule has 2 nitrogen and oxygen atoms in total. The van der Waals surface area contributed by atoms with E-state index in [9.17, 15) is 0 Å². The largest absolute Gasteiger partial charge is 0.305 e. The van der Waals surface area contributed by atoms with Crippen LogP contribution in [0, 0.1) is 0 Å². The van der Waals surface area contributed by atoms with Gasteiger partial charge >= 0.3 is 0 Å². The minimum absolute atomic E-state index is 0.0804. The standard InChI is InChI=1S/C18H17ClN2/c1-2-20-18(17-10-9-16(19)12-21-17)15-8-7-13-5-3-4-6-14(13)11-15/h3-12,18,20H,2H2,1H3. The minimum Gasteiger partial charge on any atom is -0.305 e. The molecule has 0 aliphatic rings. The lowest BCUT2D eigenvalue weighted by Crippen LogP contribution is -2.22. The van der Waals surface area contributed by atoms with Gasteiger partial charge < -0.3 is 5.32 Å². The smallest absolute Gasteiger partial charge is 0.0751 e. The number of hydrogen-bond acceptors (Lipinski definition) is 2. The number of nitrogens with zero attached hydrogens (tertiary/aromatic N) is 1. The first kappa shape index (κ1) is 14.1. The van der Waals surface area contributed by atoms with Gasteiger partial charge in [0.05, 0.1) is 16.8 Å². The first-order valence-corrected chi connectivity index (χ1v) is 7.49. The highest BCUT2D eigenvalue weighted by Crippen LogP contribution is 2.25. The van der Waals surface area contributed by atoms with Crippen LogP contribution >= 0.6 is 11.6 Å². The summed E-state index contributed by atoms with van der Waals surface area (Å²) in [6.07, 6.45) is 1.70. The number of benzene rings is 2. The lowest BCUT2D eigenvalue weighted by Gasteiger charge is -2.18. The van der Waals surface area contributed by atoms with E-state index in [1.807, 2.05) is 12.1 Å². The van der Waals surface area contributed by atoms with E-state index in [-0.39, 0.29) is 6.04 Å². The summed E-state index contributed by atoms with van der Waals surface area (Å²) < 4.78 is 0. The Morgan fingerprint density at radius 1 is 1.05 bits per heavy atom. The van der Waals surface area contributed by atoms with Gasteiger partial charge in [0.2, 0.25) is 0 Å². The fraction of sp³-hybridized carbons (Fsp3) is 0.167. The van der Waals surface area contributed by atoms with Gasteiger partial charge in [0.15, 0.2) is 0 Å². The summed E-state index contributed by atoms with van der Waals surface area (Å²) in [6, 6.07) is 18.9. The molecule has 106 valence electrons. The molecule has 1 atom stereocenters. The summed E-state index contributed by atoms with van der Waals surface area (Å²) in [5.41, 5.74) is 2.20. The average Bonchev–Trinajstić information content (AvgIpc) is 2.53. The zero-order chi connectivity index (χ0) is 14.7. The van der Waals surface area contributed by atoms with E-state index in [0.717, 1.165) is 12.2 Å². The minimum atomic E-state index is 0.0804. The maximum absolute atomic E-state index is 5.93. The van der Waals surface area contributed by atoms with Gasteiger partial charge in [0.25, 0.3) is 0 Å². The van der Waals surface area contributed by atoms with Crippen molar-refractivity contribution in [2.24, 2.45) is 0 Å². The molecule has 0 saturated carbocycles. The van der Waals surface area contributed by atoms with Gasteiger partial charge in [-0.05, 0) is 41.1 Å². The maximum atomic E-state index is 5.93. The number of pyridine rings is 1. The van der Waals surface area contributed by atoms with E-state index < -0.39 is 0 Å². The molecule has 0 saturated heterocycles. The van der Waals surface area contributed by atoms with Crippen molar-refractivity contribution in [1.29, 1.82) is 0 Å². The molecule has 0 fully saturated rings. The first-order valence-electron chi connectivity index (χ1n) is 7.11. The highest BCUT2D eigenvalue weighted by atomic mass is 35.5. The third kappa shape index (κ3) is 3.07. The molecule has 0 radical (unpaired) electrons. The Kier molecular flexibility index (Phi) is 4.18. The van der Waals surface area contributed by atoms with Crippen LogP contribution in [0.25, 0.3) is 10.8 Å². The number of fused-ring (bicyclic) bond motifs is 1. The van der Waals surface area contributed by atoms with Gasteiger partial charge in [0.1, 0.15) is 0 Å². The summed E-state index contributed by atoms with van der Waals surface area (Å²) in [5, 5.41) is 6.65. The second-order valence-electron chi connectivity index (χ2n) is 5.00. The van der Waals surface area contributed by atoms with Gasteiger partial charge in [-0.25, -0.2) is 0 Å². The van der Waals surface area contributed by atoms with Gasteiger partial charge in [-0.3, -0.25) is 4.98 Å². The van der Waals surface area contributed by atoms with Crippen LogP contribution in [-0.2, 0) is 0 Å². The molecule has 1 aromatic heterocycles. The van der Waals surface area contributed by atoms with Crippen molar-refractivity contribution in [1.82, 2.24) is 10.3 Å². The first-order chi connectivity index (χ1) is 10.3. The lowest BCUT2D eigenvalue weighted by molar-refractivity contribution is 0.616. The molecule has 0 aliphatic heterocycles. The van der Waals surface area contributed by atoms with Gasteiger partial charge in [-0.1, -0.05) is 54.9 Å². The lowest BCUT2D eigenvalue weighted by atomic mass is 9.99. The number of halogens is 1. The molecule has 0 bridgehead atoms. The van der Waals surface area contributed by atoms with Gasteiger partial charge in [-0.15, -0.1) is 0 Å². The van der Waals surface area contributed by atoms with Crippen LogP contribution in [0.1, 0.15) is 24.2 Å². The molecule has 1 heterocycles. The quantitative estimate of drug-likeness (QED) is 0.762. The molecular formula is C18H17ClN2. The van der Waals surface area contributed by atoms with E-state index in [1.165, 1.54) is 16.3 Å². The highest BCUT2D eigenvalue weighted by molar-refractivity contribution is 6.30. The van der Waals surface area contributed by atoms with Crippen molar-refractivity contribution in [2.75, 3.05) is 6.54 Å². The van der Waals surface area contributed by atoms with Crippen molar-refractivity contribution in [2.45, 2.75) is 13.0 Å².